The minimum absolute atomic E-state index is 0.207. The summed E-state index contributed by atoms with van der Waals surface area (Å²) in [6, 6.07) is 5.82. The second kappa shape index (κ2) is 5.95. The van der Waals surface area contributed by atoms with Crippen molar-refractivity contribution in [3.05, 3.63) is 41.3 Å². The lowest BCUT2D eigenvalue weighted by molar-refractivity contribution is -0.143. The van der Waals surface area contributed by atoms with Crippen LogP contribution < -0.4 is 0 Å². The first-order chi connectivity index (χ1) is 11.0. The maximum atomic E-state index is 13.4. The lowest BCUT2D eigenvalue weighted by atomic mass is 9.97. The Morgan fingerprint density at radius 1 is 1.35 bits per heavy atom. The van der Waals surface area contributed by atoms with E-state index >= 15 is 0 Å². The molecule has 5 nitrogen and oxygen atoms in total. The van der Waals surface area contributed by atoms with E-state index in [-0.39, 0.29) is 12.5 Å². The van der Waals surface area contributed by atoms with Crippen LogP contribution in [0.4, 0.5) is 4.39 Å². The van der Waals surface area contributed by atoms with E-state index in [1.807, 2.05) is 0 Å². The van der Waals surface area contributed by atoms with Gasteiger partial charge in [0.2, 0.25) is 0 Å². The first-order valence-electron chi connectivity index (χ1n) is 7.54. The summed E-state index contributed by atoms with van der Waals surface area (Å²) in [5.41, 5.74) is 1.50. The molecule has 3 rings (SSSR count). The number of rotatable bonds is 2. The van der Waals surface area contributed by atoms with Crippen LogP contribution in [-0.2, 0) is 4.79 Å². The molecule has 2 heterocycles. The number of carbonyl (C=O) groups excluding carboxylic acids is 1. The zero-order valence-corrected chi connectivity index (χ0v) is 12.8. The molecule has 120 valence electrons. The number of hydrogen-bond acceptors (Lipinski definition) is 3. The SMILES string of the molecule is Cc1cc(C(=O)N2CCCC(C(=O)O)C2)c2ccc(F)cc2n1. The summed E-state index contributed by atoms with van der Waals surface area (Å²) in [7, 11) is 0. The largest absolute Gasteiger partial charge is 0.481 e. The third-order valence-electron chi connectivity index (χ3n) is 4.19. The van der Waals surface area contributed by atoms with E-state index in [0.717, 1.165) is 0 Å². The fourth-order valence-corrected chi connectivity index (χ4v) is 3.04. The van der Waals surface area contributed by atoms with Crippen LogP contribution in [0.5, 0.6) is 0 Å². The Morgan fingerprint density at radius 2 is 2.13 bits per heavy atom. The summed E-state index contributed by atoms with van der Waals surface area (Å²) in [5, 5.41) is 9.75. The van der Waals surface area contributed by atoms with Gasteiger partial charge in [-0.2, -0.15) is 0 Å². The van der Waals surface area contributed by atoms with E-state index in [9.17, 15) is 14.0 Å². The Hall–Kier alpha value is -2.50. The minimum Gasteiger partial charge on any atom is -0.481 e. The number of aromatic nitrogens is 1. The number of aryl methyl sites for hydroxylation is 1. The van der Waals surface area contributed by atoms with E-state index in [0.29, 0.717) is 41.5 Å². The first kappa shape index (κ1) is 15.4. The number of amides is 1. The summed E-state index contributed by atoms with van der Waals surface area (Å²) >= 11 is 0. The van der Waals surface area contributed by atoms with Crippen molar-refractivity contribution in [3.63, 3.8) is 0 Å². The van der Waals surface area contributed by atoms with Gasteiger partial charge in [0.15, 0.2) is 0 Å². The third-order valence-corrected chi connectivity index (χ3v) is 4.19. The van der Waals surface area contributed by atoms with Gasteiger partial charge >= 0.3 is 5.97 Å². The number of carbonyl (C=O) groups is 2. The predicted octanol–water partition coefficient (Wildman–Crippen LogP) is 2.62. The van der Waals surface area contributed by atoms with Crippen LogP contribution in [-0.4, -0.2) is 40.0 Å². The number of aliphatic carboxylic acids is 1. The number of likely N-dealkylation sites (tertiary alicyclic amines) is 1. The van der Waals surface area contributed by atoms with Crippen LogP contribution in [0.15, 0.2) is 24.3 Å². The van der Waals surface area contributed by atoms with Gasteiger partial charge in [-0.1, -0.05) is 0 Å². The van der Waals surface area contributed by atoms with Gasteiger partial charge in [0.05, 0.1) is 17.0 Å². The smallest absolute Gasteiger partial charge is 0.308 e. The number of fused-ring (bicyclic) bond motifs is 1. The van der Waals surface area contributed by atoms with Crippen molar-refractivity contribution in [1.82, 2.24) is 9.88 Å². The van der Waals surface area contributed by atoms with Gasteiger partial charge < -0.3 is 10.0 Å². The van der Waals surface area contributed by atoms with E-state index in [4.69, 9.17) is 5.11 Å². The summed E-state index contributed by atoms with van der Waals surface area (Å²) in [5.74, 6) is -2.03. The quantitative estimate of drug-likeness (QED) is 0.924. The van der Waals surface area contributed by atoms with E-state index in [1.165, 1.54) is 12.1 Å². The van der Waals surface area contributed by atoms with Gasteiger partial charge in [-0.25, -0.2) is 4.39 Å². The Balaban J connectivity index is 1.99. The standard InChI is InChI=1S/C17H17FN2O3/c1-10-7-14(13-5-4-12(18)8-15(13)19-10)16(21)20-6-2-3-11(9-20)17(22)23/h4-5,7-8,11H,2-3,6,9H2,1H3,(H,22,23). The summed E-state index contributed by atoms with van der Waals surface area (Å²) in [4.78, 5) is 29.8. The van der Waals surface area contributed by atoms with Crippen LogP contribution >= 0.6 is 0 Å². The fraction of sp³-hybridized carbons (Fsp3) is 0.353. The van der Waals surface area contributed by atoms with Crippen molar-refractivity contribution < 1.29 is 19.1 Å². The van der Waals surface area contributed by atoms with Gasteiger partial charge in [-0.3, -0.25) is 14.6 Å². The van der Waals surface area contributed by atoms with E-state index in [1.54, 1.807) is 24.0 Å². The molecule has 1 aromatic carbocycles. The second-order valence-corrected chi connectivity index (χ2v) is 5.90. The Bertz CT molecular complexity index is 785. The number of halogens is 1. The number of carboxylic acid groups (broad SMARTS) is 1. The number of hydrogen-bond donors (Lipinski definition) is 1. The molecule has 1 aromatic heterocycles. The highest BCUT2D eigenvalue weighted by atomic mass is 19.1. The molecule has 1 saturated heterocycles. The minimum atomic E-state index is -0.875. The average Bonchev–Trinajstić information content (AvgIpc) is 2.53. The van der Waals surface area contributed by atoms with Gasteiger partial charge in [0.25, 0.3) is 5.91 Å². The third kappa shape index (κ3) is 3.02. The molecule has 23 heavy (non-hydrogen) atoms. The Labute approximate surface area is 132 Å². The molecule has 0 saturated carbocycles. The van der Waals surface area contributed by atoms with Crippen molar-refractivity contribution in [2.24, 2.45) is 5.92 Å². The average molecular weight is 316 g/mol. The first-order valence-corrected chi connectivity index (χ1v) is 7.54. The molecule has 0 radical (unpaired) electrons. The maximum Gasteiger partial charge on any atom is 0.308 e. The highest BCUT2D eigenvalue weighted by Gasteiger charge is 2.29. The van der Waals surface area contributed by atoms with Crippen molar-refractivity contribution >= 4 is 22.8 Å². The monoisotopic (exact) mass is 316 g/mol. The lowest BCUT2D eigenvalue weighted by Gasteiger charge is -2.31. The van der Waals surface area contributed by atoms with Gasteiger partial charge in [-0.15, -0.1) is 0 Å². The lowest BCUT2D eigenvalue weighted by Crippen LogP contribution is -2.42. The van der Waals surface area contributed by atoms with Crippen LogP contribution in [0.3, 0.4) is 0 Å². The number of piperidine rings is 1. The molecule has 0 spiro atoms. The van der Waals surface area contributed by atoms with E-state index in [2.05, 4.69) is 4.98 Å². The fourth-order valence-electron chi connectivity index (χ4n) is 3.04. The normalized spacial score (nSPS) is 18.2. The summed E-state index contributed by atoms with van der Waals surface area (Å²) in [6.07, 6.45) is 1.25. The molecule has 1 N–H and O–H groups in total. The summed E-state index contributed by atoms with van der Waals surface area (Å²) < 4.78 is 13.4. The topological polar surface area (TPSA) is 70.5 Å². The van der Waals surface area contributed by atoms with Crippen molar-refractivity contribution in [3.8, 4) is 0 Å². The molecule has 0 aliphatic carbocycles. The maximum absolute atomic E-state index is 13.4. The highest BCUT2D eigenvalue weighted by Crippen LogP contribution is 2.24. The molecular formula is C17H17FN2O3. The molecule has 2 aromatic rings. The number of nitrogens with zero attached hydrogens (tertiary/aromatic N) is 2. The van der Waals surface area contributed by atoms with Crippen LogP contribution in [0.1, 0.15) is 28.9 Å². The molecule has 1 aliphatic heterocycles. The predicted molar refractivity (Wildman–Crippen MR) is 82.7 cm³/mol. The van der Waals surface area contributed by atoms with Crippen molar-refractivity contribution in [2.45, 2.75) is 19.8 Å². The summed E-state index contributed by atoms with van der Waals surface area (Å²) in [6.45, 7) is 2.49. The van der Waals surface area contributed by atoms with Crippen molar-refractivity contribution in [2.75, 3.05) is 13.1 Å². The van der Waals surface area contributed by atoms with Gasteiger partial charge in [0.1, 0.15) is 5.82 Å². The zero-order chi connectivity index (χ0) is 16.6. The molecule has 1 atom stereocenters. The highest BCUT2D eigenvalue weighted by molar-refractivity contribution is 6.06. The van der Waals surface area contributed by atoms with Crippen LogP contribution in [0.2, 0.25) is 0 Å². The number of benzene rings is 1. The zero-order valence-electron chi connectivity index (χ0n) is 12.8. The van der Waals surface area contributed by atoms with Crippen LogP contribution in [0, 0.1) is 18.7 Å². The molecule has 0 bridgehead atoms. The van der Waals surface area contributed by atoms with Crippen molar-refractivity contribution in [1.29, 1.82) is 0 Å². The molecular weight excluding hydrogens is 299 g/mol. The molecule has 6 heteroatoms. The molecule has 1 fully saturated rings. The van der Waals surface area contributed by atoms with Gasteiger partial charge in [0, 0.05) is 30.2 Å². The molecule has 1 amide bonds. The Kier molecular flexibility index (Phi) is 3.98. The van der Waals surface area contributed by atoms with Gasteiger partial charge in [-0.05, 0) is 38.0 Å². The van der Waals surface area contributed by atoms with E-state index < -0.39 is 17.7 Å². The number of carboxylic acids is 1. The van der Waals surface area contributed by atoms with Crippen LogP contribution in [0.25, 0.3) is 10.9 Å². The second-order valence-electron chi connectivity index (χ2n) is 5.90. The molecule has 1 aliphatic rings. The Morgan fingerprint density at radius 3 is 2.87 bits per heavy atom. The number of pyridine rings is 1. The molecule has 1 unspecified atom stereocenters.